The Morgan fingerprint density at radius 2 is 2.40 bits per heavy atom. The van der Waals surface area contributed by atoms with Gasteiger partial charge in [-0.2, -0.15) is 0 Å². The summed E-state index contributed by atoms with van der Waals surface area (Å²) in [7, 11) is 3.26. The van der Waals surface area contributed by atoms with E-state index in [2.05, 4.69) is 0 Å². The SMILES string of the molecule is CN(C)C(=O)OC1C[CH]O1. The summed E-state index contributed by atoms with van der Waals surface area (Å²) in [6, 6.07) is 0. The van der Waals surface area contributed by atoms with Crippen LogP contribution in [0.5, 0.6) is 0 Å². The fourth-order valence-electron chi connectivity index (χ4n) is 0.469. The molecule has 57 valence electrons. The Hall–Kier alpha value is -0.770. The van der Waals surface area contributed by atoms with Crippen molar-refractivity contribution in [2.45, 2.75) is 12.7 Å². The van der Waals surface area contributed by atoms with Crippen molar-refractivity contribution in [3.8, 4) is 0 Å². The molecule has 1 fully saturated rings. The van der Waals surface area contributed by atoms with Gasteiger partial charge in [-0.1, -0.05) is 0 Å². The second-order valence-electron chi connectivity index (χ2n) is 2.25. The number of hydrogen-bond acceptors (Lipinski definition) is 3. The molecule has 1 heterocycles. The van der Waals surface area contributed by atoms with Gasteiger partial charge in [0.25, 0.3) is 0 Å². The molecule has 0 aromatic carbocycles. The van der Waals surface area contributed by atoms with E-state index in [-0.39, 0.29) is 12.4 Å². The van der Waals surface area contributed by atoms with E-state index >= 15 is 0 Å². The van der Waals surface area contributed by atoms with Crippen LogP contribution in [0.3, 0.4) is 0 Å². The normalized spacial score (nSPS) is 23.2. The van der Waals surface area contributed by atoms with Crippen LogP contribution in [-0.4, -0.2) is 31.4 Å². The second kappa shape index (κ2) is 2.88. The van der Waals surface area contributed by atoms with Gasteiger partial charge in [-0.25, -0.2) is 4.79 Å². The highest BCUT2D eigenvalue weighted by atomic mass is 16.7. The first-order valence-electron chi connectivity index (χ1n) is 3.05. The smallest absolute Gasteiger partial charge is 0.411 e. The lowest BCUT2D eigenvalue weighted by molar-refractivity contribution is -0.149. The van der Waals surface area contributed by atoms with Crippen LogP contribution >= 0.6 is 0 Å². The van der Waals surface area contributed by atoms with E-state index in [0.29, 0.717) is 6.42 Å². The van der Waals surface area contributed by atoms with Gasteiger partial charge in [0, 0.05) is 20.5 Å². The van der Waals surface area contributed by atoms with Crippen LogP contribution in [0, 0.1) is 6.61 Å². The Balaban J connectivity index is 2.17. The molecule has 0 aromatic rings. The van der Waals surface area contributed by atoms with Crippen LogP contribution in [-0.2, 0) is 9.47 Å². The number of nitrogens with zero attached hydrogens (tertiary/aromatic N) is 1. The lowest BCUT2D eigenvalue weighted by Gasteiger charge is -2.26. The molecule has 1 saturated heterocycles. The first-order valence-corrected chi connectivity index (χ1v) is 3.05. The fraction of sp³-hybridized carbons (Fsp3) is 0.667. The van der Waals surface area contributed by atoms with Crippen molar-refractivity contribution in [3.63, 3.8) is 0 Å². The highest BCUT2D eigenvalue weighted by Crippen LogP contribution is 2.16. The van der Waals surface area contributed by atoms with Gasteiger partial charge < -0.3 is 14.4 Å². The molecule has 0 aliphatic carbocycles. The third kappa shape index (κ3) is 1.60. The van der Waals surface area contributed by atoms with Crippen molar-refractivity contribution >= 4 is 6.09 Å². The molecule has 1 aliphatic rings. The van der Waals surface area contributed by atoms with E-state index in [0.717, 1.165) is 0 Å². The Labute approximate surface area is 59.7 Å². The quantitative estimate of drug-likeness (QED) is 0.540. The summed E-state index contributed by atoms with van der Waals surface area (Å²) in [6.07, 6.45) is -0.0208. The molecule has 10 heavy (non-hydrogen) atoms. The van der Waals surface area contributed by atoms with Crippen molar-refractivity contribution in [2.24, 2.45) is 0 Å². The average molecular weight is 144 g/mol. The summed E-state index contributed by atoms with van der Waals surface area (Å²) >= 11 is 0. The standard InChI is InChI=1S/C6H10NO3/c1-7(2)6(8)10-5-3-4-9-5/h4-5H,3H2,1-2H3. The molecule has 1 unspecified atom stereocenters. The van der Waals surface area contributed by atoms with Crippen LogP contribution < -0.4 is 0 Å². The molecule has 1 atom stereocenters. The third-order valence-electron chi connectivity index (χ3n) is 1.13. The average Bonchev–Trinajstić information content (AvgIpc) is 1.77. The zero-order valence-corrected chi connectivity index (χ0v) is 6.03. The van der Waals surface area contributed by atoms with Crippen LogP contribution in [0.2, 0.25) is 0 Å². The topological polar surface area (TPSA) is 38.8 Å². The minimum absolute atomic E-state index is 0.352. The third-order valence-corrected chi connectivity index (χ3v) is 1.13. The van der Waals surface area contributed by atoms with Gasteiger partial charge in [0.15, 0.2) is 0 Å². The number of rotatable bonds is 1. The van der Waals surface area contributed by atoms with Crippen LogP contribution in [0.25, 0.3) is 0 Å². The van der Waals surface area contributed by atoms with E-state index < -0.39 is 0 Å². The molecule has 4 heteroatoms. The molecule has 0 bridgehead atoms. The van der Waals surface area contributed by atoms with Gasteiger partial charge >= 0.3 is 6.09 Å². The molecule has 1 radical (unpaired) electrons. The molecule has 0 spiro atoms. The molecule has 0 saturated carbocycles. The Morgan fingerprint density at radius 3 is 2.70 bits per heavy atom. The summed E-state index contributed by atoms with van der Waals surface area (Å²) in [5.41, 5.74) is 0. The van der Waals surface area contributed by atoms with Crippen LogP contribution in [0.1, 0.15) is 6.42 Å². The first-order chi connectivity index (χ1) is 4.70. The summed E-state index contributed by atoms with van der Waals surface area (Å²) in [4.78, 5) is 12.1. The van der Waals surface area contributed by atoms with Gasteiger partial charge in [0.1, 0.15) is 0 Å². The molecular weight excluding hydrogens is 134 g/mol. The highest BCUT2D eigenvalue weighted by Gasteiger charge is 2.23. The second-order valence-corrected chi connectivity index (χ2v) is 2.25. The maximum absolute atomic E-state index is 10.8. The summed E-state index contributed by atoms with van der Waals surface area (Å²) < 4.78 is 9.54. The largest absolute Gasteiger partial charge is 0.419 e. The van der Waals surface area contributed by atoms with Crippen molar-refractivity contribution in [3.05, 3.63) is 6.61 Å². The van der Waals surface area contributed by atoms with Crippen molar-refractivity contribution in [1.82, 2.24) is 4.90 Å². The molecular formula is C6H10NO3. The molecule has 0 aromatic heterocycles. The van der Waals surface area contributed by atoms with Gasteiger partial charge in [0.05, 0.1) is 6.61 Å². The summed E-state index contributed by atoms with van der Waals surface area (Å²) in [6.45, 7) is 1.60. The molecule has 1 rings (SSSR count). The maximum atomic E-state index is 10.8. The Bertz CT molecular complexity index is 131. The van der Waals surface area contributed by atoms with Crippen LogP contribution in [0.15, 0.2) is 0 Å². The number of amides is 1. The minimum atomic E-state index is -0.363. The predicted molar refractivity (Wildman–Crippen MR) is 34.0 cm³/mol. The van der Waals surface area contributed by atoms with Crippen molar-refractivity contribution < 1.29 is 14.3 Å². The van der Waals surface area contributed by atoms with E-state index in [1.54, 1.807) is 20.7 Å². The van der Waals surface area contributed by atoms with Gasteiger partial charge in [-0.3, -0.25) is 0 Å². The Kier molecular flexibility index (Phi) is 2.11. The zero-order chi connectivity index (χ0) is 7.56. The predicted octanol–water partition coefficient (Wildman–Crippen LogP) is 0.593. The number of ether oxygens (including phenoxy) is 2. The van der Waals surface area contributed by atoms with Crippen molar-refractivity contribution in [2.75, 3.05) is 14.1 Å². The van der Waals surface area contributed by atoms with Crippen LogP contribution in [0.4, 0.5) is 4.79 Å². The zero-order valence-electron chi connectivity index (χ0n) is 6.03. The maximum Gasteiger partial charge on any atom is 0.411 e. The molecule has 4 nitrogen and oxygen atoms in total. The number of carbonyl (C=O) groups excluding carboxylic acids is 1. The summed E-state index contributed by atoms with van der Waals surface area (Å²) in [5.74, 6) is 0. The molecule has 1 aliphatic heterocycles. The van der Waals surface area contributed by atoms with E-state index in [1.807, 2.05) is 0 Å². The Morgan fingerprint density at radius 1 is 1.80 bits per heavy atom. The summed E-state index contributed by atoms with van der Waals surface area (Å²) in [5, 5.41) is 0. The molecule has 1 amide bonds. The van der Waals surface area contributed by atoms with E-state index in [4.69, 9.17) is 9.47 Å². The van der Waals surface area contributed by atoms with E-state index in [1.165, 1.54) is 4.90 Å². The number of hydrogen-bond donors (Lipinski definition) is 0. The number of carbonyl (C=O) groups is 1. The van der Waals surface area contributed by atoms with E-state index in [9.17, 15) is 4.79 Å². The minimum Gasteiger partial charge on any atom is -0.419 e. The lowest BCUT2D eigenvalue weighted by Crippen LogP contribution is -2.33. The monoisotopic (exact) mass is 144 g/mol. The van der Waals surface area contributed by atoms with Crippen molar-refractivity contribution in [1.29, 1.82) is 0 Å². The lowest BCUT2D eigenvalue weighted by atomic mass is 10.3. The fourth-order valence-corrected chi connectivity index (χ4v) is 0.469. The van der Waals surface area contributed by atoms with Gasteiger partial charge in [0.2, 0.25) is 6.29 Å². The highest BCUT2D eigenvalue weighted by molar-refractivity contribution is 5.66. The van der Waals surface area contributed by atoms with Gasteiger partial charge in [-0.15, -0.1) is 0 Å². The molecule has 0 N–H and O–H groups in total. The first kappa shape index (κ1) is 7.34. The van der Waals surface area contributed by atoms with Gasteiger partial charge in [-0.05, 0) is 0 Å².